The molecular formula is C12H19Cl2NO2. The van der Waals surface area contributed by atoms with Crippen molar-refractivity contribution in [3.8, 4) is 11.5 Å². The lowest BCUT2D eigenvalue weighted by atomic mass is 10.2. The van der Waals surface area contributed by atoms with Crippen LogP contribution in [0.1, 0.15) is 19.4 Å². The van der Waals surface area contributed by atoms with Gasteiger partial charge in [-0.05, 0) is 31.2 Å². The maximum atomic E-state index is 6.14. The van der Waals surface area contributed by atoms with Crippen LogP contribution in [0.5, 0.6) is 11.5 Å². The second kappa shape index (κ2) is 8.45. The van der Waals surface area contributed by atoms with Gasteiger partial charge < -0.3 is 14.8 Å². The van der Waals surface area contributed by atoms with E-state index >= 15 is 0 Å². The topological polar surface area (TPSA) is 30.5 Å². The summed E-state index contributed by atoms with van der Waals surface area (Å²) >= 11 is 6.14. The van der Waals surface area contributed by atoms with E-state index in [9.17, 15) is 0 Å². The first kappa shape index (κ1) is 16.4. The summed E-state index contributed by atoms with van der Waals surface area (Å²) in [7, 11) is 1.62. The zero-order valence-electron chi connectivity index (χ0n) is 10.4. The van der Waals surface area contributed by atoms with Crippen LogP contribution in [0.25, 0.3) is 0 Å². The molecule has 17 heavy (non-hydrogen) atoms. The summed E-state index contributed by atoms with van der Waals surface area (Å²) < 4.78 is 10.7. The maximum absolute atomic E-state index is 6.14. The van der Waals surface area contributed by atoms with Gasteiger partial charge >= 0.3 is 0 Å². The summed E-state index contributed by atoms with van der Waals surface area (Å²) in [6, 6.07) is 3.84. The van der Waals surface area contributed by atoms with Gasteiger partial charge in [0.1, 0.15) is 0 Å². The van der Waals surface area contributed by atoms with Gasteiger partial charge in [0.2, 0.25) is 0 Å². The van der Waals surface area contributed by atoms with E-state index in [4.69, 9.17) is 21.1 Å². The van der Waals surface area contributed by atoms with Crippen LogP contribution < -0.4 is 14.8 Å². The maximum Gasteiger partial charge on any atom is 0.179 e. The molecule has 0 saturated carbocycles. The number of nitrogens with one attached hydrogen (secondary N) is 1. The fourth-order valence-corrected chi connectivity index (χ4v) is 1.72. The number of ether oxygens (including phenoxy) is 2. The molecule has 1 N–H and O–H groups in total. The third-order valence-electron chi connectivity index (χ3n) is 2.16. The lowest BCUT2D eigenvalue weighted by Gasteiger charge is -2.13. The molecule has 0 heterocycles. The predicted molar refractivity (Wildman–Crippen MR) is 73.8 cm³/mol. The molecule has 0 radical (unpaired) electrons. The Balaban J connectivity index is 0.00000256. The van der Waals surface area contributed by atoms with Crippen LogP contribution in [-0.2, 0) is 6.54 Å². The number of hydrogen-bond acceptors (Lipinski definition) is 3. The average molecular weight is 280 g/mol. The highest BCUT2D eigenvalue weighted by Gasteiger charge is 2.11. The number of benzene rings is 1. The van der Waals surface area contributed by atoms with E-state index in [0.29, 0.717) is 23.1 Å². The average Bonchev–Trinajstić information content (AvgIpc) is 2.29. The van der Waals surface area contributed by atoms with Crippen LogP contribution >= 0.6 is 24.0 Å². The first-order valence-electron chi connectivity index (χ1n) is 5.42. The number of hydrogen-bond donors (Lipinski definition) is 1. The number of methoxy groups -OCH3 is 1. The van der Waals surface area contributed by atoms with E-state index in [1.165, 1.54) is 0 Å². The van der Waals surface area contributed by atoms with E-state index in [1.54, 1.807) is 7.11 Å². The molecule has 5 heteroatoms. The Bertz CT molecular complexity index is 346. The van der Waals surface area contributed by atoms with E-state index < -0.39 is 0 Å². The van der Waals surface area contributed by atoms with Crippen LogP contribution in [0.3, 0.4) is 0 Å². The van der Waals surface area contributed by atoms with E-state index in [0.717, 1.165) is 18.7 Å². The van der Waals surface area contributed by atoms with Crippen molar-refractivity contribution in [1.82, 2.24) is 5.32 Å². The summed E-state index contributed by atoms with van der Waals surface area (Å²) in [5.41, 5.74) is 1.09. The molecule has 1 rings (SSSR count). The lowest BCUT2D eigenvalue weighted by molar-refractivity contribution is 0.311. The molecule has 0 fully saturated rings. The van der Waals surface area contributed by atoms with Crippen LogP contribution in [0, 0.1) is 0 Å². The molecule has 0 aliphatic carbocycles. The normalized spacial score (nSPS) is 9.65. The molecule has 0 aliphatic heterocycles. The summed E-state index contributed by atoms with van der Waals surface area (Å²) in [6.45, 7) is 6.25. The minimum absolute atomic E-state index is 0. The number of halogens is 2. The largest absolute Gasteiger partial charge is 0.493 e. The minimum atomic E-state index is 0. The highest BCUT2D eigenvalue weighted by Crippen LogP contribution is 2.36. The van der Waals surface area contributed by atoms with Gasteiger partial charge in [0, 0.05) is 6.54 Å². The van der Waals surface area contributed by atoms with Crippen LogP contribution in [0.15, 0.2) is 12.1 Å². The first-order chi connectivity index (χ1) is 7.72. The molecule has 0 amide bonds. The van der Waals surface area contributed by atoms with Crippen molar-refractivity contribution in [2.45, 2.75) is 20.4 Å². The van der Waals surface area contributed by atoms with Crippen molar-refractivity contribution in [2.75, 3.05) is 20.3 Å². The van der Waals surface area contributed by atoms with Crippen molar-refractivity contribution in [2.24, 2.45) is 0 Å². The summed E-state index contributed by atoms with van der Waals surface area (Å²) in [5, 5.41) is 3.83. The van der Waals surface area contributed by atoms with Gasteiger partial charge in [-0.25, -0.2) is 0 Å². The van der Waals surface area contributed by atoms with E-state index in [-0.39, 0.29) is 12.4 Å². The zero-order valence-corrected chi connectivity index (χ0v) is 12.0. The fourth-order valence-electron chi connectivity index (χ4n) is 1.43. The Labute approximate surface area is 114 Å². The van der Waals surface area contributed by atoms with Gasteiger partial charge in [-0.15, -0.1) is 12.4 Å². The number of rotatable bonds is 6. The van der Waals surface area contributed by atoms with Crippen molar-refractivity contribution in [3.63, 3.8) is 0 Å². The monoisotopic (exact) mass is 279 g/mol. The molecule has 0 bridgehead atoms. The Hall–Kier alpha value is -0.640. The SMILES string of the molecule is CCNCc1cc(Cl)c(OCC)c(OC)c1.Cl. The Morgan fingerprint density at radius 2 is 2.00 bits per heavy atom. The van der Waals surface area contributed by atoms with Gasteiger partial charge in [-0.1, -0.05) is 18.5 Å². The van der Waals surface area contributed by atoms with Crippen LogP contribution in [0.4, 0.5) is 0 Å². The van der Waals surface area contributed by atoms with Crippen LogP contribution in [0.2, 0.25) is 5.02 Å². The Morgan fingerprint density at radius 3 is 2.53 bits per heavy atom. The molecule has 0 unspecified atom stereocenters. The van der Waals surface area contributed by atoms with E-state index in [2.05, 4.69) is 12.2 Å². The first-order valence-corrected chi connectivity index (χ1v) is 5.80. The van der Waals surface area contributed by atoms with E-state index in [1.807, 2.05) is 19.1 Å². The lowest BCUT2D eigenvalue weighted by Crippen LogP contribution is -2.12. The molecule has 3 nitrogen and oxygen atoms in total. The molecule has 98 valence electrons. The molecule has 0 aliphatic rings. The Morgan fingerprint density at radius 1 is 1.29 bits per heavy atom. The third kappa shape index (κ3) is 4.62. The van der Waals surface area contributed by atoms with Crippen LogP contribution in [-0.4, -0.2) is 20.3 Å². The van der Waals surface area contributed by atoms with Crippen molar-refractivity contribution < 1.29 is 9.47 Å². The molecule has 1 aromatic carbocycles. The third-order valence-corrected chi connectivity index (χ3v) is 2.44. The molecular weight excluding hydrogens is 261 g/mol. The van der Waals surface area contributed by atoms with Gasteiger partial charge in [-0.3, -0.25) is 0 Å². The van der Waals surface area contributed by atoms with Gasteiger partial charge in [0.05, 0.1) is 18.7 Å². The molecule has 0 atom stereocenters. The Kier molecular flexibility index (Phi) is 8.13. The summed E-state index contributed by atoms with van der Waals surface area (Å²) in [6.07, 6.45) is 0. The van der Waals surface area contributed by atoms with Gasteiger partial charge in [-0.2, -0.15) is 0 Å². The fraction of sp³-hybridized carbons (Fsp3) is 0.500. The molecule has 1 aromatic rings. The highest BCUT2D eigenvalue weighted by molar-refractivity contribution is 6.32. The highest BCUT2D eigenvalue weighted by atomic mass is 35.5. The molecule has 0 spiro atoms. The van der Waals surface area contributed by atoms with Crippen molar-refractivity contribution >= 4 is 24.0 Å². The summed E-state index contributed by atoms with van der Waals surface area (Å²) in [4.78, 5) is 0. The second-order valence-electron chi connectivity index (χ2n) is 3.32. The predicted octanol–water partition coefficient (Wildman–Crippen LogP) is 3.28. The van der Waals surface area contributed by atoms with Gasteiger partial charge in [0.15, 0.2) is 11.5 Å². The van der Waals surface area contributed by atoms with Gasteiger partial charge in [0.25, 0.3) is 0 Å². The smallest absolute Gasteiger partial charge is 0.179 e. The van der Waals surface area contributed by atoms with Crippen molar-refractivity contribution in [3.05, 3.63) is 22.7 Å². The quantitative estimate of drug-likeness (QED) is 0.867. The molecule has 0 saturated heterocycles. The van der Waals surface area contributed by atoms with Crippen molar-refractivity contribution in [1.29, 1.82) is 0 Å². The second-order valence-corrected chi connectivity index (χ2v) is 3.73. The zero-order chi connectivity index (χ0) is 12.0. The molecule has 0 aromatic heterocycles. The minimum Gasteiger partial charge on any atom is -0.493 e. The standard InChI is InChI=1S/C12H18ClNO2.ClH/c1-4-14-8-9-6-10(13)12(16-5-2)11(7-9)15-3;/h6-7,14H,4-5,8H2,1-3H3;1H. The summed E-state index contributed by atoms with van der Waals surface area (Å²) in [5.74, 6) is 1.30.